The third-order valence-electron chi connectivity index (χ3n) is 7.75. The minimum atomic E-state index is -4.92. The van der Waals surface area contributed by atoms with E-state index in [0.717, 1.165) is 34.1 Å². The Hall–Kier alpha value is -5.01. The Labute approximate surface area is 254 Å². The van der Waals surface area contributed by atoms with Gasteiger partial charge in [0.15, 0.2) is 11.8 Å². The number of alkyl halides is 3. The first kappa shape index (κ1) is 30.0. The highest BCUT2D eigenvalue weighted by Gasteiger charge is 2.34. The van der Waals surface area contributed by atoms with Gasteiger partial charge in [-0.15, -0.1) is 13.2 Å². The standard InChI is InChI=1S/C32H23F3N2O7S/c33-32(34,35)44-21-10-12-22(13-11-21)45(42,43)37-15-14-18-8-9-19(16-20(18)17-37)28(31(40)41)36-30(39)26-7-3-6-25-27(26)23-4-1-2-5-24(23)29(25)38/h1-13,16,28H,14-15,17H2,(H,36,39)(H,40,41). The van der Waals surface area contributed by atoms with Gasteiger partial charge < -0.3 is 15.2 Å². The molecule has 230 valence electrons. The molecule has 1 aliphatic heterocycles. The molecular formula is C32H23F3N2O7S. The monoisotopic (exact) mass is 636 g/mol. The number of amides is 1. The van der Waals surface area contributed by atoms with Crippen molar-refractivity contribution in [3.05, 3.63) is 118 Å². The number of nitrogens with zero attached hydrogens (tertiary/aromatic N) is 1. The minimum Gasteiger partial charge on any atom is -0.479 e. The summed E-state index contributed by atoms with van der Waals surface area (Å²) in [7, 11) is -4.12. The Morgan fingerprint density at radius 1 is 0.889 bits per heavy atom. The summed E-state index contributed by atoms with van der Waals surface area (Å²) in [6, 6.07) is 18.6. The molecule has 1 aliphatic carbocycles. The number of nitrogens with one attached hydrogen (secondary N) is 1. The number of carbonyl (C=O) groups excluding carboxylic acids is 2. The molecule has 4 aromatic rings. The van der Waals surface area contributed by atoms with E-state index in [1.165, 1.54) is 12.1 Å². The van der Waals surface area contributed by atoms with E-state index in [2.05, 4.69) is 10.1 Å². The number of carboxylic acid groups (broad SMARTS) is 1. The predicted octanol–water partition coefficient (Wildman–Crippen LogP) is 5.10. The van der Waals surface area contributed by atoms with Gasteiger partial charge in [-0.05, 0) is 59.0 Å². The van der Waals surface area contributed by atoms with Crippen molar-refractivity contribution in [3.63, 3.8) is 0 Å². The van der Waals surface area contributed by atoms with Crippen LogP contribution in [-0.4, -0.2) is 48.4 Å². The van der Waals surface area contributed by atoms with Crippen LogP contribution in [0.3, 0.4) is 0 Å². The van der Waals surface area contributed by atoms with Crippen LogP contribution in [0.5, 0.6) is 5.75 Å². The molecule has 6 rings (SSSR count). The molecular weight excluding hydrogens is 613 g/mol. The molecule has 1 unspecified atom stereocenters. The molecule has 0 saturated carbocycles. The van der Waals surface area contributed by atoms with Crippen LogP contribution in [0.1, 0.15) is 49.0 Å². The fraction of sp³-hybridized carbons (Fsp3) is 0.156. The number of sulfonamides is 1. The second-order valence-corrected chi connectivity index (χ2v) is 12.4. The fourth-order valence-corrected chi connectivity index (χ4v) is 7.08. The van der Waals surface area contributed by atoms with Gasteiger partial charge in [0, 0.05) is 35.3 Å². The lowest BCUT2D eigenvalue weighted by Crippen LogP contribution is -2.37. The molecule has 0 radical (unpaired) electrons. The Bertz CT molecular complexity index is 1980. The molecule has 2 aliphatic rings. The zero-order valence-electron chi connectivity index (χ0n) is 23.2. The minimum absolute atomic E-state index is 0.0912. The Balaban J connectivity index is 1.25. The van der Waals surface area contributed by atoms with Crippen molar-refractivity contribution in [2.45, 2.75) is 30.3 Å². The molecule has 13 heteroatoms. The summed E-state index contributed by atoms with van der Waals surface area (Å²) in [6.07, 6.45) is -4.62. The summed E-state index contributed by atoms with van der Waals surface area (Å²) < 4.78 is 69.1. The predicted molar refractivity (Wildman–Crippen MR) is 154 cm³/mol. The molecule has 0 saturated heterocycles. The van der Waals surface area contributed by atoms with Crippen molar-refractivity contribution in [1.29, 1.82) is 0 Å². The second kappa shape index (κ2) is 11.2. The molecule has 0 fully saturated rings. The summed E-state index contributed by atoms with van der Waals surface area (Å²) in [5.41, 5.74) is 3.42. The number of rotatable bonds is 7. The van der Waals surface area contributed by atoms with E-state index < -0.39 is 40.1 Å². The Kier molecular flexibility index (Phi) is 7.45. The van der Waals surface area contributed by atoms with Gasteiger partial charge in [-0.2, -0.15) is 4.31 Å². The van der Waals surface area contributed by atoms with E-state index in [4.69, 9.17) is 0 Å². The van der Waals surface area contributed by atoms with Crippen LogP contribution in [0.15, 0.2) is 89.8 Å². The average Bonchev–Trinajstić information content (AvgIpc) is 3.30. The summed E-state index contributed by atoms with van der Waals surface area (Å²) in [5, 5.41) is 12.6. The van der Waals surface area contributed by atoms with Crippen molar-refractivity contribution < 1.29 is 45.8 Å². The molecule has 45 heavy (non-hydrogen) atoms. The lowest BCUT2D eigenvalue weighted by molar-refractivity contribution is -0.274. The maximum Gasteiger partial charge on any atom is 0.573 e. The van der Waals surface area contributed by atoms with Crippen LogP contribution in [-0.2, 0) is 27.8 Å². The third kappa shape index (κ3) is 5.67. The van der Waals surface area contributed by atoms with Gasteiger partial charge in [0.05, 0.1) is 4.90 Å². The van der Waals surface area contributed by atoms with Crippen molar-refractivity contribution in [2.24, 2.45) is 0 Å². The number of fused-ring (bicyclic) bond motifs is 4. The number of ketones is 1. The van der Waals surface area contributed by atoms with Crippen LogP contribution in [0.25, 0.3) is 11.1 Å². The van der Waals surface area contributed by atoms with Gasteiger partial charge in [-0.1, -0.05) is 54.6 Å². The van der Waals surface area contributed by atoms with Crippen molar-refractivity contribution >= 4 is 27.7 Å². The first-order chi connectivity index (χ1) is 21.3. The smallest absolute Gasteiger partial charge is 0.479 e. The molecule has 0 aromatic heterocycles. The molecule has 1 atom stereocenters. The van der Waals surface area contributed by atoms with E-state index in [1.807, 2.05) is 0 Å². The van der Waals surface area contributed by atoms with Crippen LogP contribution >= 0.6 is 0 Å². The SMILES string of the molecule is O=C(NC(C(=O)O)c1ccc2c(c1)CN(S(=O)(=O)c1ccc(OC(F)(F)F)cc1)CC2)c1cccc2c1-c1ccccc1C2=O. The molecule has 1 heterocycles. The van der Waals surface area contributed by atoms with E-state index in [9.17, 15) is 41.1 Å². The van der Waals surface area contributed by atoms with Gasteiger partial charge in [-0.3, -0.25) is 9.59 Å². The molecule has 0 bridgehead atoms. The van der Waals surface area contributed by atoms with Crippen LogP contribution in [0, 0.1) is 0 Å². The topological polar surface area (TPSA) is 130 Å². The molecule has 2 N–H and O–H groups in total. The quantitative estimate of drug-likeness (QED) is 0.254. The number of hydrogen-bond acceptors (Lipinski definition) is 6. The van der Waals surface area contributed by atoms with Crippen LogP contribution in [0.4, 0.5) is 13.2 Å². The van der Waals surface area contributed by atoms with Crippen LogP contribution in [0.2, 0.25) is 0 Å². The van der Waals surface area contributed by atoms with Crippen molar-refractivity contribution in [3.8, 4) is 16.9 Å². The van der Waals surface area contributed by atoms with Gasteiger partial charge in [0.25, 0.3) is 5.91 Å². The highest BCUT2D eigenvalue weighted by atomic mass is 32.2. The Morgan fingerprint density at radius 2 is 1.58 bits per heavy atom. The molecule has 1 amide bonds. The van der Waals surface area contributed by atoms with Gasteiger partial charge in [0.2, 0.25) is 10.0 Å². The lowest BCUT2D eigenvalue weighted by atomic mass is 9.95. The summed E-state index contributed by atoms with van der Waals surface area (Å²) in [5.74, 6) is -2.85. The van der Waals surface area contributed by atoms with Gasteiger partial charge in [0.1, 0.15) is 5.75 Å². The zero-order chi connectivity index (χ0) is 32.1. The number of aliphatic carboxylic acids is 1. The molecule has 4 aromatic carbocycles. The number of halogens is 3. The molecule has 0 spiro atoms. The van der Waals surface area contributed by atoms with Gasteiger partial charge in [-0.25, -0.2) is 13.2 Å². The molecule has 9 nitrogen and oxygen atoms in total. The maximum atomic E-state index is 13.5. The normalized spacial score (nSPS) is 15.0. The largest absolute Gasteiger partial charge is 0.573 e. The van der Waals surface area contributed by atoms with E-state index in [1.54, 1.807) is 48.5 Å². The van der Waals surface area contributed by atoms with E-state index in [-0.39, 0.29) is 34.9 Å². The van der Waals surface area contributed by atoms with Crippen molar-refractivity contribution in [1.82, 2.24) is 9.62 Å². The van der Waals surface area contributed by atoms with Crippen molar-refractivity contribution in [2.75, 3.05) is 6.54 Å². The maximum absolute atomic E-state index is 13.5. The number of benzene rings is 4. The lowest BCUT2D eigenvalue weighted by Gasteiger charge is -2.29. The summed E-state index contributed by atoms with van der Waals surface area (Å²) in [4.78, 5) is 38.5. The highest BCUT2D eigenvalue weighted by molar-refractivity contribution is 7.89. The number of hydrogen-bond donors (Lipinski definition) is 2. The number of ether oxygens (including phenoxy) is 1. The van der Waals surface area contributed by atoms with Gasteiger partial charge >= 0.3 is 12.3 Å². The number of carbonyl (C=O) groups is 3. The van der Waals surface area contributed by atoms with E-state index >= 15 is 0 Å². The number of carboxylic acids is 1. The third-order valence-corrected chi connectivity index (χ3v) is 9.61. The first-order valence-corrected chi connectivity index (χ1v) is 15.1. The zero-order valence-corrected chi connectivity index (χ0v) is 24.0. The summed E-state index contributed by atoms with van der Waals surface area (Å²) >= 11 is 0. The average molecular weight is 637 g/mol. The first-order valence-electron chi connectivity index (χ1n) is 13.6. The van der Waals surface area contributed by atoms with E-state index in [0.29, 0.717) is 34.2 Å². The van der Waals surface area contributed by atoms with Crippen LogP contribution < -0.4 is 10.1 Å². The Morgan fingerprint density at radius 3 is 2.27 bits per heavy atom. The fourth-order valence-electron chi connectivity index (χ4n) is 5.66. The second-order valence-electron chi connectivity index (χ2n) is 10.5. The summed E-state index contributed by atoms with van der Waals surface area (Å²) in [6.45, 7) is -0.0361. The highest BCUT2D eigenvalue weighted by Crippen LogP contribution is 2.39.